The highest BCUT2D eigenvalue weighted by atomic mass is 32.2. The molecule has 0 aliphatic carbocycles. The van der Waals surface area contributed by atoms with Gasteiger partial charge in [-0.2, -0.15) is 0 Å². The number of nitrogens with two attached hydrogens (primary N) is 1. The second kappa shape index (κ2) is 5.21. The van der Waals surface area contributed by atoms with Crippen molar-refractivity contribution >= 4 is 21.4 Å². The Morgan fingerprint density at radius 2 is 2.00 bits per heavy atom. The van der Waals surface area contributed by atoms with Gasteiger partial charge in [0.25, 0.3) is 5.91 Å². The SMILES string of the molecule is Cc1cc(C(=O)N2CCCS(=O)(=O)CC2)ccc1N. The van der Waals surface area contributed by atoms with Crippen LogP contribution in [0.2, 0.25) is 0 Å². The molecule has 1 saturated heterocycles. The normalized spacial score (nSPS) is 18.9. The van der Waals surface area contributed by atoms with Crippen molar-refractivity contribution in [2.24, 2.45) is 0 Å². The molecule has 1 aliphatic heterocycles. The summed E-state index contributed by atoms with van der Waals surface area (Å²) >= 11 is 0. The van der Waals surface area contributed by atoms with E-state index in [9.17, 15) is 13.2 Å². The first-order valence-corrected chi connectivity index (χ1v) is 8.07. The van der Waals surface area contributed by atoms with E-state index < -0.39 is 9.84 Å². The third-order valence-electron chi connectivity index (χ3n) is 3.36. The first-order valence-electron chi connectivity index (χ1n) is 6.25. The Hall–Kier alpha value is -1.56. The molecule has 0 saturated carbocycles. The quantitative estimate of drug-likeness (QED) is 0.774. The Bertz CT molecular complexity index is 596. The number of rotatable bonds is 1. The molecular formula is C13H18N2O3S. The lowest BCUT2D eigenvalue weighted by Crippen LogP contribution is -2.33. The fourth-order valence-electron chi connectivity index (χ4n) is 2.13. The predicted molar refractivity (Wildman–Crippen MR) is 74.8 cm³/mol. The van der Waals surface area contributed by atoms with Crippen molar-refractivity contribution in [1.29, 1.82) is 0 Å². The van der Waals surface area contributed by atoms with Crippen LogP contribution in [-0.4, -0.2) is 43.8 Å². The summed E-state index contributed by atoms with van der Waals surface area (Å²) < 4.78 is 23.0. The van der Waals surface area contributed by atoms with Gasteiger partial charge in [-0.15, -0.1) is 0 Å². The van der Waals surface area contributed by atoms with E-state index in [-0.39, 0.29) is 24.0 Å². The van der Waals surface area contributed by atoms with E-state index in [1.54, 1.807) is 23.1 Å². The average molecular weight is 282 g/mol. The van der Waals surface area contributed by atoms with E-state index >= 15 is 0 Å². The van der Waals surface area contributed by atoms with Crippen LogP contribution in [-0.2, 0) is 9.84 Å². The fourth-order valence-corrected chi connectivity index (χ4v) is 3.40. The number of hydrogen-bond acceptors (Lipinski definition) is 4. The highest BCUT2D eigenvalue weighted by Gasteiger charge is 2.23. The van der Waals surface area contributed by atoms with Crippen molar-refractivity contribution in [3.63, 3.8) is 0 Å². The van der Waals surface area contributed by atoms with Crippen LogP contribution in [0.15, 0.2) is 18.2 Å². The van der Waals surface area contributed by atoms with Crippen LogP contribution in [0.4, 0.5) is 5.69 Å². The van der Waals surface area contributed by atoms with Gasteiger partial charge in [0.2, 0.25) is 0 Å². The lowest BCUT2D eigenvalue weighted by Gasteiger charge is -2.20. The zero-order chi connectivity index (χ0) is 14.0. The molecule has 0 atom stereocenters. The number of sulfone groups is 1. The van der Waals surface area contributed by atoms with Gasteiger partial charge < -0.3 is 10.6 Å². The van der Waals surface area contributed by atoms with Gasteiger partial charge >= 0.3 is 0 Å². The number of amides is 1. The van der Waals surface area contributed by atoms with Crippen molar-refractivity contribution in [1.82, 2.24) is 4.90 Å². The molecule has 2 N–H and O–H groups in total. The zero-order valence-corrected chi connectivity index (χ0v) is 11.7. The molecule has 1 fully saturated rings. The second-order valence-corrected chi connectivity index (χ2v) is 7.17. The number of hydrogen-bond donors (Lipinski definition) is 1. The van der Waals surface area contributed by atoms with Crippen LogP contribution in [0, 0.1) is 6.92 Å². The zero-order valence-electron chi connectivity index (χ0n) is 10.9. The number of carbonyl (C=O) groups excluding carboxylic acids is 1. The molecule has 0 unspecified atom stereocenters. The van der Waals surface area contributed by atoms with Crippen molar-refractivity contribution < 1.29 is 13.2 Å². The second-order valence-electron chi connectivity index (χ2n) is 4.87. The van der Waals surface area contributed by atoms with Crippen LogP contribution in [0.25, 0.3) is 0 Å². The summed E-state index contributed by atoms with van der Waals surface area (Å²) in [5.74, 6) is 0.0877. The van der Waals surface area contributed by atoms with Crippen molar-refractivity contribution in [2.45, 2.75) is 13.3 Å². The minimum absolute atomic E-state index is 0.0483. The first-order chi connectivity index (χ1) is 8.89. The summed E-state index contributed by atoms with van der Waals surface area (Å²) in [4.78, 5) is 13.9. The molecule has 0 spiro atoms. The molecule has 19 heavy (non-hydrogen) atoms. The molecule has 1 aliphatic rings. The van der Waals surface area contributed by atoms with Crippen molar-refractivity contribution in [3.05, 3.63) is 29.3 Å². The van der Waals surface area contributed by atoms with Gasteiger partial charge in [0.1, 0.15) is 0 Å². The predicted octanol–water partition coefficient (Wildman–Crippen LogP) is 0.838. The lowest BCUT2D eigenvalue weighted by atomic mass is 10.1. The highest BCUT2D eigenvalue weighted by Crippen LogP contribution is 2.16. The van der Waals surface area contributed by atoms with E-state index in [1.807, 2.05) is 6.92 Å². The number of carbonyl (C=O) groups is 1. The monoisotopic (exact) mass is 282 g/mol. The molecular weight excluding hydrogens is 264 g/mol. The average Bonchev–Trinajstić information content (AvgIpc) is 2.53. The third kappa shape index (κ3) is 3.26. The lowest BCUT2D eigenvalue weighted by molar-refractivity contribution is 0.0768. The van der Waals surface area contributed by atoms with Gasteiger partial charge in [-0.05, 0) is 37.1 Å². The molecule has 1 heterocycles. The van der Waals surface area contributed by atoms with Crippen molar-refractivity contribution in [2.75, 3.05) is 30.3 Å². The van der Waals surface area contributed by atoms with Crippen LogP contribution >= 0.6 is 0 Å². The van der Waals surface area contributed by atoms with Gasteiger partial charge in [0.05, 0.1) is 11.5 Å². The van der Waals surface area contributed by atoms with Gasteiger partial charge in [-0.1, -0.05) is 0 Å². The topological polar surface area (TPSA) is 80.5 Å². The van der Waals surface area contributed by atoms with E-state index in [0.29, 0.717) is 24.2 Å². The number of nitrogen functional groups attached to an aromatic ring is 1. The van der Waals surface area contributed by atoms with Gasteiger partial charge in [0.15, 0.2) is 9.84 Å². The van der Waals surface area contributed by atoms with E-state index in [0.717, 1.165) is 5.56 Å². The van der Waals surface area contributed by atoms with Crippen LogP contribution in [0.3, 0.4) is 0 Å². The highest BCUT2D eigenvalue weighted by molar-refractivity contribution is 7.91. The molecule has 0 bridgehead atoms. The maximum atomic E-state index is 12.3. The molecule has 6 heteroatoms. The van der Waals surface area contributed by atoms with Crippen LogP contribution in [0.5, 0.6) is 0 Å². The molecule has 1 aromatic rings. The summed E-state index contributed by atoms with van der Waals surface area (Å²) in [5, 5.41) is 0. The molecule has 1 aromatic carbocycles. The van der Waals surface area contributed by atoms with Crippen LogP contribution in [0.1, 0.15) is 22.3 Å². The number of benzene rings is 1. The van der Waals surface area contributed by atoms with Crippen LogP contribution < -0.4 is 5.73 Å². The Balaban J connectivity index is 2.17. The molecule has 2 rings (SSSR count). The molecule has 0 radical (unpaired) electrons. The Kier molecular flexibility index (Phi) is 3.80. The standard InChI is InChI=1S/C13H18N2O3S/c1-10-9-11(3-4-12(10)14)13(16)15-5-2-7-19(17,18)8-6-15/h3-4,9H,2,5-8,14H2,1H3. The molecule has 5 nitrogen and oxygen atoms in total. The van der Waals surface area contributed by atoms with E-state index in [1.165, 1.54) is 0 Å². The minimum atomic E-state index is -3.00. The Labute approximate surface area is 113 Å². The van der Waals surface area contributed by atoms with E-state index in [4.69, 9.17) is 5.73 Å². The Morgan fingerprint density at radius 1 is 1.26 bits per heavy atom. The Morgan fingerprint density at radius 3 is 2.68 bits per heavy atom. The van der Waals surface area contributed by atoms with Gasteiger partial charge in [0, 0.05) is 24.3 Å². The largest absolute Gasteiger partial charge is 0.399 e. The third-order valence-corrected chi connectivity index (χ3v) is 5.07. The van der Waals surface area contributed by atoms with Crippen molar-refractivity contribution in [3.8, 4) is 0 Å². The summed E-state index contributed by atoms with van der Waals surface area (Å²) in [5.41, 5.74) is 7.79. The number of aryl methyl sites for hydroxylation is 1. The summed E-state index contributed by atoms with van der Waals surface area (Å²) in [6.07, 6.45) is 0.502. The summed E-state index contributed by atoms with van der Waals surface area (Å²) in [6, 6.07) is 5.14. The minimum Gasteiger partial charge on any atom is -0.399 e. The van der Waals surface area contributed by atoms with Gasteiger partial charge in [-0.3, -0.25) is 4.79 Å². The molecule has 1 amide bonds. The number of nitrogens with zero attached hydrogens (tertiary/aromatic N) is 1. The molecule has 0 aromatic heterocycles. The summed E-state index contributed by atoms with van der Waals surface area (Å²) in [7, 11) is -3.00. The number of anilines is 1. The first kappa shape index (κ1) is 13.9. The fraction of sp³-hybridized carbons (Fsp3) is 0.462. The molecule has 104 valence electrons. The maximum Gasteiger partial charge on any atom is 0.253 e. The summed E-state index contributed by atoms with van der Waals surface area (Å²) in [6.45, 7) is 2.60. The van der Waals surface area contributed by atoms with Gasteiger partial charge in [-0.25, -0.2) is 8.42 Å². The maximum absolute atomic E-state index is 12.3. The smallest absolute Gasteiger partial charge is 0.253 e. The van der Waals surface area contributed by atoms with E-state index in [2.05, 4.69) is 0 Å².